The number of nitrogens with one attached hydrogen (secondary N) is 2. The average Bonchev–Trinajstić information content (AvgIpc) is 3.01. The molecule has 1 aliphatic rings. The molecule has 216 valence electrons. The van der Waals surface area contributed by atoms with E-state index in [-0.39, 0.29) is 41.9 Å². The molecule has 0 unspecified atom stereocenters. The van der Waals surface area contributed by atoms with Gasteiger partial charge < -0.3 is 20.5 Å². The number of benzene rings is 4. The number of ether oxygens (including phenoxy) is 1. The van der Waals surface area contributed by atoms with E-state index in [1.807, 2.05) is 42.5 Å². The zero-order valence-electron chi connectivity index (χ0n) is 23.1. The van der Waals surface area contributed by atoms with Crippen LogP contribution in [0.4, 0.5) is 0 Å². The Bertz CT molecular complexity index is 1570. The molecule has 0 aromatic heterocycles. The van der Waals surface area contributed by atoms with Gasteiger partial charge in [0.25, 0.3) is 11.8 Å². The quantitative estimate of drug-likeness (QED) is 0.223. The van der Waals surface area contributed by atoms with Crippen molar-refractivity contribution in [3.63, 3.8) is 0 Å². The highest BCUT2D eigenvalue weighted by atomic mass is 35.5. The van der Waals surface area contributed by atoms with E-state index in [0.29, 0.717) is 11.3 Å². The molecule has 3 N–H and O–H groups in total. The first-order valence-electron chi connectivity index (χ1n) is 13.9. The van der Waals surface area contributed by atoms with Crippen LogP contribution in [-0.2, 0) is 11.3 Å². The van der Waals surface area contributed by atoms with Crippen LogP contribution in [0.2, 0.25) is 5.02 Å². The monoisotopic (exact) mass is 584 g/mol. The molecule has 0 spiro atoms. The molecule has 1 saturated heterocycles. The van der Waals surface area contributed by atoms with E-state index in [0.717, 1.165) is 48.8 Å². The van der Waals surface area contributed by atoms with Crippen LogP contribution in [0.5, 0.6) is 11.5 Å². The van der Waals surface area contributed by atoms with Crippen LogP contribution >= 0.6 is 11.6 Å². The smallest absolute Gasteiger partial charge is 0.258 e. The highest BCUT2D eigenvalue weighted by Gasteiger charge is 2.21. The molecule has 8 nitrogen and oxygen atoms in total. The average molecular weight is 585 g/mol. The summed E-state index contributed by atoms with van der Waals surface area (Å²) in [6.45, 7) is 2.83. The molecule has 1 fully saturated rings. The number of phenols is 1. The van der Waals surface area contributed by atoms with Crippen LogP contribution in [0.15, 0.2) is 89.9 Å². The molecule has 4 aromatic rings. The molecule has 1 heterocycles. The van der Waals surface area contributed by atoms with E-state index in [1.165, 1.54) is 23.8 Å². The molecule has 0 atom stereocenters. The summed E-state index contributed by atoms with van der Waals surface area (Å²) in [6, 6.07) is 26.3. The Morgan fingerprint density at radius 3 is 2.48 bits per heavy atom. The molecule has 5 rings (SSSR count). The van der Waals surface area contributed by atoms with Crippen LogP contribution in [-0.4, -0.2) is 60.4 Å². The number of likely N-dealkylation sites (tertiary alicyclic amines) is 1. The van der Waals surface area contributed by atoms with Gasteiger partial charge in [-0.1, -0.05) is 66.2 Å². The topological polar surface area (TPSA) is 103 Å². The zero-order valence-corrected chi connectivity index (χ0v) is 23.9. The Morgan fingerprint density at radius 1 is 0.976 bits per heavy atom. The summed E-state index contributed by atoms with van der Waals surface area (Å²) in [4.78, 5) is 31.8. The highest BCUT2D eigenvalue weighted by molar-refractivity contribution is 6.32. The maximum absolute atomic E-state index is 12.7. The molecular weight excluding hydrogens is 552 g/mol. The number of halogens is 1. The molecule has 4 aromatic carbocycles. The van der Waals surface area contributed by atoms with E-state index in [1.54, 1.807) is 6.21 Å². The van der Waals surface area contributed by atoms with E-state index >= 15 is 0 Å². The lowest BCUT2D eigenvalue weighted by atomic mass is 10.0. The third-order valence-corrected chi connectivity index (χ3v) is 7.55. The Balaban J connectivity index is 1.11. The predicted octanol–water partition coefficient (Wildman–Crippen LogP) is 5.16. The lowest BCUT2D eigenvalue weighted by Crippen LogP contribution is -2.45. The number of hydrogen-bond acceptors (Lipinski definition) is 6. The van der Waals surface area contributed by atoms with Gasteiger partial charge in [-0.05, 0) is 54.1 Å². The lowest BCUT2D eigenvalue weighted by Gasteiger charge is -2.32. The maximum atomic E-state index is 12.7. The van der Waals surface area contributed by atoms with Gasteiger partial charge in [0.15, 0.2) is 6.61 Å². The Morgan fingerprint density at radius 2 is 1.71 bits per heavy atom. The molecule has 0 bridgehead atoms. The van der Waals surface area contributed by atoms with Gasteiger partial charge in [-0.3, -0.25) is 19.5 Å². The van der Waals surface area contributed by atoms with Gasteiger partial charge in [0.1, 0.15) is 18.2 Å². The van der Waals surface area contributed by atoms with Crippen molar-refractivity contribution in [3.05, 3.63) is 107 Å². The number of hydrogen-bond donors (Lipinski definition) is 3. The van der Waals surface area contributed by atoms with Gasteiger partial charge in [-0.2, -0.15) is 0 Å². The van der Waals surface area contributed by atoms with Crippen molar-refractivity contribution in [3.8, 4) is 11.5 Å². The fraction of sp³-hybridized carbons (Fsp3) is 0.242. The second kappa shape index (κ2) is 14.0. The molecule has 1 aliphatic heterocycles. The standard InChI is InChI=1S/C33H33ClN4O4/c34-29-18-24(10-12-30(29)39)33(41)36-22-35-19-25-11-13-31(28-9-5-4-8-27(25)28)42-21-32(40)37-26-14-16-38(17-15-26)20-23-6-2-1-3-7-23/h1-13,18-19,26,39H,14-17,20-22H2,(H,36,41)(H,37,40)/b35-19+. The number of aliphatic imine (C=N–C) groups is 1. The van der Waals surface area contributed by atoms with E-state index in [9.17, 15) is 14.7 Å². The van der Waals surface area contributed by atoms with Gasteiger partial charge in [0.2, 0.25) is 0 Å². The number of carbonyl (C=O) groups excluding carboxylic acids is 2. The third-order valence-electron chi connectivity index (χ3n) is 7.25. The van der Waals surface area contributed by atoms with Crippen molar-refractivity contribution in [1.29, 1.82) is 0 Å². The maximum Gasteiger partial charge on any atom is 0.258 e. The molecule has 0 aliphatic carbocycles. The van der Waals surface area contributed by atoms with Crippen molar-refractivity contribution in [2.24, 2.45) is 4.99 Å². The van der Waals surface area contributed by atoms with Crippen LogP contribution in [0, 0.1) is 0 Å². The van der Waals surface area contributed by atoms with E-state index < -0.39 is 0 Å². The number of piperidine rings is 1. The van der Waals surface area contributed by atoms with Crippen LogP contribution in [0.25, 0.3) is 10.8 Å². The molecule has 42 heavy (non-hydrogen) atoms. The first-order chi connectivity index (χ1) is 20.5. The van der Waals surface area contributed by atoms with Crippen molar-refractivity contribution in [1.82, 2.24) is 15.5 Å². The Hall–Kier alpha value is -4.40. The van der Waals surface area contributed by atoms with Crippen LogP contribution in [0.1, 0.15) is 34.3 Å². The molecule has 0 saturated carbocycles. The predicted molar refractivity (Wildman–Crippen MR) is 165 cm³/mol. The number of amides is 2. The lowest BCUT2D eigenvalue weighted by molar-refractivity contribution is -0.124. The summed E-state index contributed by atoms with van der Waals surface area (Å²) < 4.78 is 5.95. The van der Waals surface area contributed by atoms with E-state index in [2.05, 4.69) is 44.8 Å². The highest BCUT2D eigenvalue weighted by Crippen LogP contribution is 2.28. The minimum absolute atomic E-state index is 0.0605. The molecule has 0 radical (unpaired) electrons. The molecule has 2 amide bonds. The Labute approximate surface area is 250 Å². The Kier molecular flexibility index (Phi) is 9.69. The first-order valence-corrected chi connectivity index (χ1v) is 14.3. The summed E-state index contributed by atoms with van der Waals surface area (Å²) in [5, 5.41) is 17.3. The van der Waals surface area contributed by atoms with Crippen LogP contribution < -0.4 is 15.4 Å². The zero-order chi connectivity index (χ0) is 29.3. The minimum Gasteiger partial charge on any atom is -0.506 e. The van der Waals surface area contributed by atoms with Crippen molar-refractivity contribution < 1.29 is 19.4 Å². The first kappa shape index (κ1) is 29.1. The minimum atomic E-state index is -0.348. The largest absolute Gasteiger partial charge is 0.506 e. The SMILES string of the molecule is O=C(COc1ccc(/C=N/CNC(=O)c2ccc(O)c(Cl)c2)c2ccccc12)NC1CCN(Cc2ccccc2)CC1. The number of phenolic OH excluding ortho intramolecular Hbond substituents is 1. The van der Waals surface area contributed by atoms with E-state index in [4.69, 9.17) is 16.3 Å². The molecular formula is C33H33ClN4O4. The second-order valence-corrected chi connectivity index (χ2v) is 10.6. The summed E-state index contributed by atoms with van der Waals surface area (Å²) in [5.41, 5.74) is 2.49. The van der Waals surface area contributed by atoms with Gasteiger partial charge in [0.05, 0.1) is 5.02 Å². The number of nitrogens with zero attached hydrogens (tertiary/aromatic N) is 2. The fourth-order valence-electron chi connectivity index (χ4n) is 5.03. The fourth-order valence-corrected chi connectivity index (χ4v) is 5.22. The number of rotatable bonds is 10. The van der Waals surface area contributed by atoms with Crippen molar-refractivity contribution >= 4 is 40.4 Å². The van der Waals surface area contributed by atoms with Crippen molar-refractivity contribution in [2.45, 2.75) is 25.4 Å². The number of aromatic hydroxyl groups is 1. The summed E-state index contributed by atoms with van der Waals surface area (Å²) in [7, 11) is 0. The number of fused-ring (bicyclic) bond motifs is 1. The van der Waals surface area contributed by atoms with Crippen molar-refractivity contribution in [2.75, 3.05) is 26.4 Å². The second-order valence-electron chi connectivity index (χ2n) is 10.2. The van der Waals surface area contributed by atoms with Gasteiger partial charge in [0, 0.05) is 48.4 Å². The number of carbonyl (C=O) groups is 2. The van der Waals surface area contributed by atoms with Gasteiger partial charge >= 0.3 is 0 Å². The summed E-state index contributed by atoms with van der Waals surface area (Å²) in [6.07, 6.45) is 3.52. The summed E-state index contributed by atoms with van der Waals surface area (Å²) in [5.74, 6) is 0.0604. The van der Waals surface area contributed by atoms with Gasteiger partial charge in [-0.15, -0.1) is 0 Å². The molecule has 9 heteroatoms. The van der Waals surface area contributed by atoms with Gasteiger partial charge in [-0.25, -0.2) is 0 Å². The van der Waals surface area contributed by atoms with Crippen LogP contribution in [0.3, 0.4) is 0 Å². The normalized spacial score (nSPS) is 14.2. The third kappa shape index (κ3) is 7.66. The summed E-state index contributed by atoms with van der Waals surface area (Å²) >= 11 is 5.89.